The first-order valence-electron chi connectivity index (χ1n) is 5.43. The summed E-state index contributed by atoms with van der Waals surface area (Å²) in [5.41, 5.74) is 1.97. The van der Waals surface area contributed by atoms with E-state index in [0.29, 0.717) is 11.1 Å². The van der Waals surface area contributed by atoms with Gasteiger partial charge >= 0.3 is 6.18 Å². The topological polar surface area (TPSA) is 15.8 Å². The van der Waals surface area contributed by atoms with E-state index >= 15 is 0 Å². The first-order chi connectivity index (χ1) is 8.70. The predicted octanol–water partition coefficient (Wildman–Crippen LogP) is 5.62. The van der Waals surface area contributed by atoms with Crippen molar-refractivity contribution in [3.05, 3.63) is 45.2 Å². The lowest BCUT2D eigenvalue weighted by atomic mass is 10.0. The second kappa shape index (κ2) is 4.76. The van der Waals surface area contributed by atoms with Gasteiger partial charge in [0.2, 0.25) is 0 Å². The zero-order chi connectivity index (χ0) is 14.4. The minimum absolute atomic E-state index is 0.0121. The van der Waals surface area contributed by atoms with Crippen molar-refractivity contribution >= 4 is 23.2 Å². The average molecular weight is 308 g/mol. The number of aromatic amines is 1. The monoisotopic (exact) mass is 307 g/mol. The summed E-state index contributed by atoms with van der Waals surface area (Å²) in [6, 6.07) is 3.59. The van der Waals surface area contributed by atoms with E-state index in [9.17, 15) is 13.2 Å². The molecule has 1 heterocycles. The molecule has 6 heteroatoms. The quantitative estimate of drug-likeness (QED) is 0.703. The third-order valence-corrected chi connectivity index (χ3v) is 3.38. The van der Waals surface area contributed by atoms with Crippen molar-refractivity contribution < 1.29 is 13.2 Å². The largest absolute Gasteiger partial charge is 0.416 e. The summed E-state index contributed by atoms with van der Waals surface area (Å²) in [6.07, 6.45) is -4.46. The zero-order valence-corrected chi connectivity index (χ0v) is 11.6. The standard InChI is InChI=1S/C13H10Cl2F3N/c1-6-3-9(7(2)19-6)12-10(14)4-8(5-11(12)15)13(16,17)18/h3-5,19H,1-2H3. The predicted molar refractivity (Wildman–Crippen MR) is 70.7 cm³/mol. The number of nitrogens with one attached hydrogen (secondary N) is 1. The highest BCUT2D eigenvalue weighted by Gasteiger charge is 2.32. The van der Waals surface area contributed by atoms with E-state index in [1.165, 1.54) is 0 Å². The van der Waals surface area contributed by atoms with Crippen LogP contribution in [0.2, 0.25) is 10.0 Å². The molecule has 0 spiro atoms. The van der Waals surface area contributed by atoms with Gasteiger partial charge in [-0.15, -0.1) is 0 Å². The highest BCUT2D eigenvalue weighted by atomic mass is 35.5. The SMILES string of the molecule is Cc1cc(-c2c(Cl)cc(C(F)(F)F)cc2Cl)c(C)[nH]1. The Hall–Kier alpha value is -1.13. The van der Waals surface area contributed by atoms with Gasteiger partial charge in [-0.3, -0.25) is 0 Å². The van der Waals surface area contributed by atoms with Crippen molar-refractivity contribution in [3.63, 3.8) is 0 Å². The Balaban J connectivity index is 2.64. The normalized spacial score (nSPS) is 11.9. The molecular formula is C13H10Cl2F3N. The van der Waals surface area contributed by atoms with Gasteiger partial charge in [0.25, 0.3) is 0 Å². The number of halogens is 5. The highest BCUT2D eigenvalue weighted by molar-refractivity contribution is 6.39. The van der Waals surface area contributed by atoms with Crippen molar-refractivity contribution in [2.24, 2.45) is 0 Å². The van der Waals surface area contributed by atoms with Crippen LogP contribution in [0.5, 0.6) is 0 Å². The summed E-state index contributed by atoms with van der Waals surface area (Å²) in [7, 11) is 0. The molecule has 0 aliphatic rings. The maximum atomic E-state index is 12.6. The van der Waals surface area contributed by atoms with E-state index in [1.54, 1.807) is 6.07 Å². The molecule has 0 bridgehead atoms. The molecule has 0 aliphatic heterocycles. The highest BCUT2D eigenvalue weighted by Crippen LogP contribution is 2.41. The lowest BCUT2D eigenvalue weighted by Gasteiger charge is -2.12. The number of aryl methyl sites for hydroxylation is 2. The molecule has 1 nitrogen and oxygen atoms in total. The van der Waals surface area contributed by atoms with Gasteiger partial charge in [0.05, 0.1) is 15.6 Å². The van der Waals surface area contributed by atoms with Crippen LogP contribution in [-0.4, -0.2) is 4.98 Å². The average Bonchev–Trinajstić information content (AvgIpc) is 2.55. The number of aromatic nitrogens is 1. The fourth-order valence-electron chi connectivity index (χ4n) is 1.98. The molecule has 0 aliphatic carbocycles. The third kappa shape index (κ3) is 2.74. The maximum absolute atomic E-state index is 12.6. The second-order valence-electron chi connectivity index (χ2n) is 4.30. The molecule has 1 N–H and O–H groups in total. The van der Waals surface area contributed by atoms with E-state index in [2.05, 4.69) is 4.98 Å². The summed E-state index contributed by atoms with van der Waals surface area (Å²) in [5.74, 6) is 0. The molecule has 2 rings (SSSR count). The fraction of sp³-hybridized carbons (Fsp3) is 0.231. The van der Waals surface area contributed by atoms with E-state index in [-0.39, 0.29) is 10.0 Å². The Morgan fingerprint density at radius 1 is 1.00 bits per heavy atom. The second-order valence-corrected chi connectivity index (χ2v) is 5.12. The molecule has 0 saturated carbocycles. The van der Waals surface area contributed by atoms with Gasteiger partial charge in [0.15, 0.2) is 0 Å². The Morgan fingerprint density at radius 3 is 1.89 bits per heavy atom. The zero-order valence-electron chi connectivity index (χ0n) is 10.1. The molecule has 0 radical (unpaired) electrons. The van der Waals surface area contributed by atoms with Gasteiger partial charge in [-0.2, -0.15) is 13.2 Å². The van der Waals surface area contributed by atoms with E-state index in [1.807, 2.05) is 13.8 Å². The van der Waals surface area contributed by atoms with Crippen LogP contribution in [0.1, 0.15) is 17.0 Å². The lowest BCUT2D eigenvalue weighted by Crippen LogP contribution is -2.05. The number of rotatable bonds is 1. The minimum Gasteiger partial charge on any atom is -0.362 e. The molecule has 102 valence electrons. The molecule has 0 saturated heterocycles. The van der Waals surface area contributed by atoms with E-state index in [0.717, 1.165) is 23.5 Å². The van der Waals surface area contributed by atoms with Crippen molar-refractivity contribution in [2.75, 3.05) is 0 Å². The Labute approximate surface area is 118 Å². The Bertz CT molecular complexity index is 606. The van der Waals surface area contributed by atoms with Gasteiger partial charge < -0.3 is 4.98 Å². The van der Waals surface area contributed by atoms with Crippen molar-refractivity contribution in [3.8, 4) is 11.1 Å². The minimum atomic E-state index is -4.46. The molecular weight excluding hydrogens is 298 g/mol. The van der Waals surface area contributed by atoms with Crippen molar-refractivity contribution in [2.45, 2.75) is 20.0 Å². The number of alkyl halides is 3. The summed E-state index contributed by atoms with van der Waals surface area (Å²) < 4.78 is 37.9. The Kier molecular flexibility index (Phi) is 3.58. The van der Waals surface area contributed by atoms with Gasteiger partial charge in [0, 0.05) is 22.5 Å². The third-order valence-electron chi connectivity index (χ3n) is 2.79. The van der Waals surface area contributed by atoms with Crippen LogP contribution in [0.25, 0.3) is 11.1 Å². The van der Waals surface area contributed by atoms with E-state index in [4.69, 9.17) is 23.2 Å². The molecule has 0 unspecified atom stereocenters. The van der Waals surface area contributed by atoms with Gasteiger partial charge in [-0.05, 0) is 32.0 Å². The van der Waals surface area contributed by atoms with Crippen LogP contribution in [0.3, 0.4) is 0 Å². The van der Waals surface area contributed by atoms with E-state index < -0.39 is 11.7 Å². The van der Waals surface area contributed by atoms with Gasteiger partial charge in [-0.1, -0.05) is 23.2 Å². The molecule has 2 aromatic rings. The number of hydrogen-bond acceptors (Lipinski definition) is 0. The fourth-order valence-corrected chi connectivity index (χ4v) is 2.67. The van der Waals surface area contributed by atoms with Crippen LogP contribution in [0.4, 0.5) is 13.2 Å². The summed E-state index contributed by atoms with van der Waals surface area (Å²) in [6.45, 7) is 3.66. The summed E-state index contributed by atoms with van der Waals surface area (Å²) in [5, 5.41) is -0.0242. The van der Waals surface area contributed by atoms with Crippen LogP contribution < -0.4 is 0 Å². The number of hydrogen-bond donors (Lipinski definition) is 1. The molecule has 19 heavy (non-hydrogen) atoms. The van der Waals surface area contributed by atoms with Crippen LogP contribution in [0, 0.1) is 13.8 Å². The maximum Gasteiger partial charge on any atom is 0.416 e. The lowest BCUT2D eigenvalue weighted by molar-refractivity contribution is -0.137. The molecule has 1 aromatic heterocycles. The number of benzene rings is 1. The van der Waals surface area contributed by atoms with Crippen LogP contribution >= 0.6 is 23.2 Å². The van der Waals surface area contributed by atoms with Gasteiger partial charge in [0.1, 0.15) is 0 Å². The smallest absolute Gasteiger partial charge is 0.362 e. The molecule has 0 amide bonds. The first-order valence-corrected chi connectivity index (χ1v) is 6.18. The Morgan fingerprint density at radius 2 is 1.53 bits per heavy atom. The summed E-state index contributed by atoms with van der Waals surface area (Å²) in [4.78, 5) is 3.07. The molecule has 1 aromatic carbocycles. The number of H-pyrrole nitrogens is 1. The van der Waals surface area contributed by atoms with Crippen molar-refractivity contribution in [1.82, 2.24) is 4.98 Å². The van der Waals surface area contributed by atoms with Crippen LogP contribution in [0.15, 0.2) is 18.2 Å². The van der Waals surface area contributed by atoms with Crippen LogP contribution in [-0.2, 0) is 6.18 Å². The van der Waals surface area contributed by atoms with Gasteiger partial charge in [-0.25, -0.2) is 0 Å². The first kappa shape index (κ1) is 14.3. The molecule has 0 fully saturated rings. The molecule has 0 atom stereocenters. The van der Waals surface area contributed by atoms with Crippen molar-refractivity contribution in [1.29, 1.82) is 0 Å². The summed E-state index contributed by atoms with van der Waals surface area (Å²) >= 11 is 11.9.